The molecule has 1 fully saturated rings. The van der Waals surface area contributed by atoms with Gasteiger partial charge in [0.15, 0.2) is 0 Å². The van der Waals surface area contributed by atoms with E-state index >= 15 is 0 Å². The maximum Gasteiger partial charge on any atom is 0.316 e. The largest absolute Gasteiger partial charge is 0.379 e. The van der Waals surface area contributed by atoms with Crippen molar-refractivity contribution in [1.29, 1.82) is 0 Å². The summed E-state index contributed by atoms with van der Waals surface area (Å²) in [6, 6.07) is -0.0720. The monoisotopic (exact) mass is 286 g/mol. The van der Waals surface area contributed by atoms with Crippen LogP contribution in [0.5, 0.6) is 0 Å². The van der Waals surface area contributed by atoms with Gasteiger partial charge in [-0.25, -0.2) is 4.79 Å². The van der Waals surface area contributed by atoms with Crippen LogP contribution < -0.4 is 16.0 Å². The summed E-state index contributed by atoms with van der Waals surface area (Å²) < 4.78 is 5.36. The van der Waals surface area contributed by atoms with Crippen molar-refractivity contribution in [2.24, 2.45) is 5.92 Å². The smallest absolute Gasteiger partial charge is 0.316 e. The van der Waals surface area contributed by atoms with Crippen molar-refractivity contribution >= 4 is 11.9 Å². The molecule has 0 radical (unpaired) electrons. The standard InChI is InChI=1S/C13H26N4O3/c1-4-5-14-11-9-20-8-10(11)12(18)15-6-7-16-13(19)17(2)3/h10-11,14H,4-9H2,1-3H3,(H,15,18)(H,16,19). The van der Waals surface area contributed by atoms with Crippen LogP contribution in [-0.2, 0) is 9.53 Å². The van der Waals surface area contributed by atoms with E-state index in [2.05, 4.69) is 22.9 Å². The van der Waals surface area contributed by atoms with Crippen LogP contribution in [0.3, 0.4) is 0 Å². The number of ether oxygens (including phenoxy) is 1. The molecule has 0 aromatic heterocycles. The van der Waals surface area contributed by atoms with Gasteiger partial charge in [0.05, 0.1) is 19.1 Å². The van der Waals surface area contributed by atoms with Crippen LogP contribution in [0.2, 0.25) is 0 Å². The third-order valence-corrected chi connectivity index (χ3v) is 3.18. The Balaban J connectivity index is 2.23. The summed E-state index contributed by atoms with van der Waals surface area (Å²) in [7, 11) is 3.35. The predicted molar refractivity (Wildman–Crippen MR) is 76.5 cm³/mol. The topological polar surface area (TPSA) is 82.7 Å². The number of carbonyl (C=O) groups is 2. The first kappa shape index (κ1) is 16.7. The zero-order chi connectivity index (χ0) is 15.0. The summed E-state index contributed by atoms with van der Waals surface area (Å²) >= 11 is 0. The summed E-state index contributed by atoms with van der Waals surface area (Å²) in [6.45, 7) is 4.85. The van der Waals surface area contributed by atoms with E-state index in [-0.39, 0.29) is 23.9 Å². The van der Waals surface area contributed by atoms with Crippen molar-refractivity contribution in [2.45, 2.75) is 19.4 Å². The van der Waals surface area contributed by atoms with Gasteiger partial charge in [0.2, 0.25) is 5.91 Å². The van der Waals surface area contributed by atoms with Gasteiger partial charge in [-0.2, -0.15) is 0 Å². The molecule has 0 spiro atoms. The van der Waals surface area contributed by atoms with Crippen LogP contribution in [-0.4, -0.2) is 69.8 Å². The van der Waals surface area contributed by atoms with Gasteiger partial charge in [-0.15, -0.1) is 0 Å². The third-order valence-electron chi connectivity index (χ3n) is 3.18. The lowest BCUT2D eigenvalue weighted by Crippen LogP contribution is -2.46. The number of amides is 3. The average Bonchev–Trinajstić information content (AvgIpc) is 2.88. The molecule has 116 valence electrons. The molecule has 0 saturated carbocycles. The molecule has 1 rings (SSSR count). The average molecular weight is 286 g/mol. The van der Waals surface area contributed by atoms with Gasteiger partial charge >= 0.3 is 6.03 Å². The molecule has 0 aromatic rings. The van der Waals surface area contributed by atoms with E-state index in [0.717, 1.165) is 13.0 Å². The summed E-state index contributed by atoms with van der Waals surface area (Å²) in [5.74, 6) is -0.165. The van der Waals surface area contributed by atoms with Crippen LogP contribution in [0.1, 0.15) is 13.3 Å². The Hall–Kier alpha value is -1.34. The first-order valence-electron chi connectivity index (χ1n) is 7.10. The first-order valence-corrected chi connectivity index (χ1v) is 7.10. The Kier molecular flexibility index (Phi) is 7.32. The fourth-order valence-corrected chi connectivity index (χ4v) is 1.99. The van der Waals surface area contributed by atoms with Crippen LogP contribution in [0.4, 0.5) is 4.79 Å². The highest BCUT2D eigenvalue weighted by Crippen LogP contribution is 2.13. The molecule has 3 amide bonds. The van der Waals surface area contributed by atoms with E-state index in [0.29, 0.717) is 26.3 Å². The first-order chi connectivity index (χ1) is 9.56. The molecule has 2 unspecified atom stereocenters. The molecule has 2 atom stereocenters. The molecule has 1 saturated heterocycles. The highest BCUT2D eigenvalue weighted by molar-refractivity contribution is 5.80. The predicted octanol–water partition coefficient (Wildman–Crippen LogP) is -0.612. The Labute approximate surface area is 120 Å². The van der Waals surface area contributed by atoms with Crippen LogP contribution in [0, 0.1) is 5.92 Å². The lowest BCUT2D eigenvalue weighted by molar-refractivity contribution is -0.125. The number of hydrogen-bond acceptors (Lipinski definition) is 4. The van der Waals surface area contributed by atoms with Crippen molar-refractivity contribution in [3.05, 3.63) is 0 Å². The Bertz CT molecular complexity index is 323. The molecule has 1 aliphatic heterocycles. The highest BCUT2D eigenvalue weighted by Gasteiger charge is 2.33. The number of nitrogens with zero attached hydrogens (tertiary/aromatic N) is 1. The number of urea groups is 1. The van der Waals surface area contributed by atoms with Gasteiger partial charge in [0.25, 0.3) is 0 Å². The lowest BCUT2D eigenvalue weighted by atomic mass is 10.0. The molecular weight excluding hydrogens is 260 g/mol. The maximum absolute atomic E-state index is 12.0. The molecule has 0 bridgehead atoms. The summed E-state index contributed by atoms with van der Waals surface area (Å²) in [6.07, 6.45) is 1.03. The van der Waals surface area contributed by atoms with Crippen LogP contribution >= 0.6 is 0 Å². The highest BCUT2D eigenvalue weighted by atomic mass is 16.5. The van der Waals surface area contributed by atoms with Gasteiger partial charge in [-0.05, 0) is 13.0 Å². The molecule has 1 aliphatic rings. The van der Waals surface area contributed by atoms with Crippen molar-refractivity contribution < 1.29 is 14.3 Å². The second kappa shape index (κ2) is 8.76. The number of nitrogens with one attached hydrogen (secondary N) is 3. The number of hydrogen-bond donors (Lipinski definition) is 3. The Morgan fingerprint density at radius 2 is 1.85 bits per heavy atom. The van der Waals surface area contributed by atoms with Crippen LogP contribution in [0.25, 0.3) is 0 Å². The van der Waals surface area contributed by atoms with E-state index in [1.165, 1.54) is 4.90 Å². The van der Waals surface area contributed by atoms with Crippen molar-refractivity contribution in [3.8, 4) is 0 Å². The van der Waals surface area contributed by atoms with Gasteiger partial charge in [-0.3, -0.25) is 4.79 Å². The minimum atomic E-state index is -0.161. The van der Waals surface area contributed by atoms with E-state index in [1.807, 2.05) is 0 Å². The van der Waals surface area contributed by atoms with Gasteiger partial charge in [0, 0.05) is 33.2 Å². The lowest BCUT2D eigenvalue weighted by Gasteiger charge is -2.18. The summed E-state index contributed by atoms with van der Waals surface area (Å²) in [4.78, 5) is 24.8. The van der Waals surface area contributed by atoms with E-state index in [4.69, 9.17) is 4.74 Å². The van der Waals surface area contributed by atoms with E-state index < -0.39 is 0 Å². The fraction of sp³-hybridized carbons (Fsp3) is 0.846. The molecule has 3 N–H and O–H groups in total. The van der Waals surface area contributed by atoms with E-state index in [1.54, 1.807) is 14.1 Å². The Morgan fingerprint density at radius 3 is 2.50 bits per heavy atom. The zero-order valence-electron chi connectivity index (χ0n) is 12.6. The van der Waals surface area contributed by atoms with Gasteiger partial charge < -0.3 is 25.6 Å². The van der Waals surface area contributed by atoms with Gasteiger partial charge in [-0.1, -0.05) is 6.92 Å². The normalized spacial score (nSPS) is 21.6. The summed E-state index contributed by atoms with van der Waals surface area (Å²) in [5.41, 5.74) is 0. The van der Waals surface area contributed by atoms with Crippen molar-refractivity contribution in [2.75, 3.05) is 46.9 Å². The van der Waals surface area contributed by atoms with Crippen molar-refractivity contribution in [1.82, 2.24) is 20.9 Å². The second-order valence-electron chi connectivity index (χ2n) is 5.12. The number of rotatable bonds is 7. The summed E-state index contributed by atoms with van der Waals surface area (Å²) in [5, 5.41) is 8.86. The SMILES string of the molecule is CCCNC1COCC1C(=O)NCCNC(=O)N(C)C. The minimum absolute atomic E-state index is 0.0183. The van der Waals surface area contributed by atoms with Gasteiger partial charge in [0.1, 0.15) is 0 Å². The molecular formula is C13H26N4O3. The molecule has 7 nitrogen and oxygen atoms in total. The number of carbonyl (C=O) groups excluding carboxylic acids is 2. The maximum atomic E-state index is 12.0. The quantitative estimate of drug-likeness (QED) is 0.545. The minimum Gasteiger partial charge on any atom is -0.379 e. The molecule has 0 aromatic carbocycles. The second-order valence-corrected chi connectivity index (χ2v) is 5.12. The van der Waals surface area contributed by atoms with Crippen LogP contribution in [0.15, 0.2) is 0 Å². The molecule has 7 heteroatoms. The third kappa shape index (κ3) is 5.34. The Morgan fingerprint density at radius 1 is 1.15 bits per heavy atom. The molecule has 0 aliphatic carbocycles. The zero-order valence-corrected chi connectivity index (χ0v) is 12.6. The van der Waals surface area contributed by atoms with E-state index in [9.17, 15) is 9.59 Å². The van der Waals surface area contributed by atoms with Crippen molar-refractivity contribution in [3.63, 3.8) is 0 Å². The fourth-order valence-electron chi connectivity index (χ4n) is 1.99. The molecule has 20 heavy (non-hydrogen) atoms. The molecule has 1 heterocycles.